The highest BCUT2D eigenvalue weighted by Crippen LogP contribution is 2.27. The molecule has 1 atom stereocenters. The number of hydrogen-bond acceptors (Lipinski definition) is 8. The number of rotatable bonds is 9. The lowest BCUT2D eigenvalue weighted by molar-refractivity contribution is -0.122. The molecule has 1 heterocycles. The van der Waals surface area contributed by atoms with Crippen LogP contribution in [0.3, 0.4) is 0 Å². The second-order valence-corrected chi connectivity index (χ2v) is 8.16. The van der Waals surface area contributed by atoms with Crippen LogP contribution in [0.4, 0.5) is 11.5 Å². The molecule has 3 aromatic rings. The van der Waals surface area contributed by atoms with Crippen molar-refractivity contribution in [2.75, 3.05) is 24.3 Å². The van der Waals surface area contributed by atoms with Crippen molar-refractivity contribution in [3.63, 3.8) is 0 Å². The van der Waals surface area contributed by atoms with Crippen LogP contribution in [0.2, 0.25) is 0 Å². The van der Waals surface area contributed by atoms with Crippen molar-refractivity contribution in [1.82, 2.24) is 9.97 Å². The molecule has 0 aliphatic rings. The molecule has 1 unspecified atom stereocenters. The Bertz CT molecular complexity index is 1180. The predicted octanol–water partition coefficient (Wildman–Crippen LogP) is 2.70. The van der Waals surface area contributed by atoms with Crippen LogP contribution < -0.4 is 24.2 Å². The standard InChI is InChI=1S/C21H22N4O6S/c1-14(31-18-7-5-4-6-17(18)29-2)21(26)24-15-8-10-16(11-9-15)32(27,28)25-19-12-20(30-3)23-13-22-19/h4-14H,1-3H3,(H,24,26)(H,22,23,25). The maximum atomic E-state index is 12.6. The van der Waals surface area contributed by atoms with E-state index in [4.69, 9.17) is 14.2 Å². The first kappa shape index (κ1) is 22.8. The van der Waals surface area contributed by atoms with Crippen LogP contribution in [-0.2, 0) is 14.8 Å². The molecule has 0 spiro atoms. The molecule has 1 amide bonds. The molecule has 3 rings (SSSR count). The van der Waals surface area contributed by atoms with Crippen LogP contribution in [-0.4, -0.2) is 44.6 Å². The first-order valence-corrected chi connectivity index (χ1v) is 10.9. The number of methoxy groups -OCH3 is 2. The van der Waals surface area contributed by atoms with Gasteiger partial charge in [-0.15, -0.1) is 0 Å². The number of hydrogen-bond donors (Lipinski definition) is 2. The minimum Gasteiger partial charge on any atom is -0.493 e. The van der Waals surface area contributed by atoms with Gasteiger partial charge in [0.15, 0.2) is 17.6 Å². The van der Waals surface area contributed by atoms with Crippen molar-refractivity contribution in [3.8, 4) is 17.4 Å². The van der Waals surface area contributed by atoms with Gasteiger partial charge in [-0.05, 0) is 43.3 Å². The highest BCUT2D eigenvalue weighted by molar-refractivity contribution is 7.92. The summed E-state index contributed by atoms with van der Waals surface area (Å²) in [4.78, 5) is 20.1. The number of carbonyl (C=O) groups is 1. The predicted molar refractivity (Wildman–Crippen MR) is 118 cm³/mol. The van der Waals surface area contributed by atoms with Crippen LogP contribution in [0, 0.1) is 0 Å². The number of sulfonamides is 1. The van der Waals surface area contributed by atoms with E-state index in [-0.39, 0.29) is 16.6 Å². The van der Waals surface area contributed by atoms with Crippen molar-refractivity contribution in [1.29, 1.82) is 0 Å². The van der Waals surface area contributed by atoms with Crippen LogP contribution in [0.5, 0.6) is 17.4 Å². The molecule has 2 aromatic carbocycles. The van der Waals surface area contributed by atoms with E-state index in [9.17, 15) is 13.2 Å². The zero-order valence-corrected chi connectivity index (χ0v) is 18.4. The van der Waals surface area contributed by atoms with Crippen molar-refractivity contribution >= 4 is 27.4 Å². The number of aromatic nitrogens is 2. The molecule has 168 valence electrons. The highest BCUT2D eigenvalue weighted by atomic mass is 32.2. The fourth-order valence-electron chi connectivity index (χ4n) is 2.62. The Morgan fingerprint density at radius 1 is 0.969 bits per heavy atom. The van der Waals surface area contributed by atoms with Gasteiger partial charge in [-0.3, -0.25) is 9.52 Å². The van der Waals surface area contributed by atoms with Gasteiger partial charge in [0, 0.05) is 11.8 Å². The second-order valence-electron chi connectivity index (χ2n) is 6.48. The van der Waals surface area contributed by atoms with Crippen LogP contribution in [0.25, 0.3) is 0 Å². The first-order chi connectivity index (χ1) is 15.3. The Morgan fingerprint density at radius 3 is 2.31 bits per heavy atom. The smallest absolute Gasteiger partial charge is 0.265 e. The van der Waals surface area contributed by atoms with Gasteiger partial charge in [0.1, 0.15) is 12.1 Å². The maximum Gasteiger partial charge on any atom is 0.265 e. The van der Waals surface area contributed by atoms with Crippen molar-refractivity contribution < 1.29 is 27.4 Å². The number of benzene rings is 2. The fraction of sp³-hybridized carbons (Fsp3) is 0.190. The molecule has 10 nitrogen and oxygen atoms in total. The fourth-order valence-corrected chi connectivity index (χ4v) is 3.62. The van der Waals surface area contributed by atoms with Crippen LogP contribution >= 0.6 is 0 Å². The summed E-state index contributed by atoms with van der Waals surface area (Å²) in [6.07, 6.45) is 0.368. The molecule has 0 fully saturated rings. The van der Waals surface area contributed by atoms with Crippen LogP contribution in [0.1, 0.15) is 6.92 Å². The number of ether oxygens (including phenoxy) is 3. The summed E-state index contributed by atoms with van der Waals surface area (Å²) in [5.74, 6) is 0.830. The average Bonchev–Trinajstić information content (AvgIpc) is 2.79. The lowest BCUT2D eigenvalue weighted by Crippen LogP contribution is -2.30. The minimum atomic E-state index is -3.90. The molecule has 0 bridgehead atoms. The number of anilines is 2. The third kappa shape index (κ3) is 5.64. The normalized spacial score (nSPS) is 11.8. The quantitative estimate of drug-likeness (QED) is 0.501. The molecule has 1 aromatic heterocycles. The zero-order chi connectivity index (χ0) is 23.1. The summed E-state index contributed by atoms with van der Waals surface area (Å²) < 4.78 is 43.3. The number of nitrogens with one attached hydrogen (secondary N) is 2. The maximum absolute atomic E-state index is 12.6. The van der Waals surface area contributed by atoms with E-state index in [0.29, 0.717) is 17.2 Å². The van der Waals surface area contributed by atoms with E-state index in [1.54, 1.807) is 31.2 Å². The van der Waals surface area contributed by atoms with E-state index in [0.717, 1.165) is 0 Å². The second kappa shape index (κ2) is 9.96. The van der Waals surface area contributed by atoms with Crippen molar-refractivity contribution in [2.24, 2.45) is 0 Å². The SMILES string of the molecule is COc1cc(NS(=O)(=O)c2ccc(NC(=O)C(C)Oc3ccccc3OC)cc2)ncn1. The van der Waals surface area contributed by atoms with Gasteiger partial charge in [-0.1, -0.05) is 12.1 Å². The molecule has 0 saturated carbocycles. The van der Waals surface area contributed by atoms with E-state index in [1.165, 1.54) is 50.9 Å². The summed E-state index contributed by atoms with van der Waals surface area (Å²) in [6, 6.07) is 14.0. The molecule has 0 radical (unpaired) electrons. The number of para-hydroxylation sites is 2. The Hall–Kier alpha value is -3.86. The van der Waals surface area contributed by atoms with Gasteiger partial charge in [-0.2, -0.15) is 0 Å². The lowest BCUT2D eigenvalue weighted by atomic mass is 10.3. The molecule has 2 N–H and O–H groups in total. The molecular formula is C21H22N4O6S. The number of amides is 1. The molecule has 0 aliphatic carbocycles. The van der Waals surface area contributed by atoms with Crippen molar-refractivity contribution in [3.05, 3.63) is 60.9 Å². The molecule has 0 aliphatic heterocycles. The summed E-state index contributed by atoms with van der Waals surface area (Å²) in [6.45, 7) is 1.60. The molecule has 0 saturated heterocycles. The highest BCUT2D eigenvalue weighted by Gasteiger charge is 2.19. The third-order valence-corrected chi connectivity index (χ3v) is 5.63. The molecule has 11 heteroatoms. The van der Waals surface area contributed by atoms with Crippen molar-refractivity contribution in [2.45, 2.75) is 17.9 Å². The van der Waals surface area contributed by atoms with Gasteiger partial charge in [-0.25, -0.2) is 18.4 Å². The van der Waals surface area contributed by atoms with Gasteiger partial charge in [0.2, 0.25) is 5.88 Å². The average molecular weight is 458 g/mol. The summed E-state index contributed by atoms with van der Waals surface area (Å²) in [5.41, 5.74) is 0.410. The van der Waals surface area contributed by atoms with Gasteiger partial charge in [0.05, 0.1) is 19.1 Å². The van der Waals surface area contributed by atoms with E-state index < -0.39 is 22.0 Å². The van der Waals surface area contributed by atoms with E-state index >= 15 is 0 Å². The Labute approximate surface area is 185 Å². The Kier molecular flexibility index (Phi) is 7.11. The summed E-state index contributed by atoms with van der Waals surface area (Å²) in [5, 5.41) is 2.69. The lowest BCUT2D eigenvalue weighted by Gasteiger charge is -2.16. The van der Waals surface area contributed by atoms with Gasteiger partial charge >= 0.3 is 0 Å². The third-order valence-electron chi connectivity index (χ3n) is 4.26. The van der Waals surface area contributed by atoms with Gasteiger partial charge < -0.3 is 19.5 Å². The number of nitrogens with zero attached hydrogens (tertiary/aromatic N) is 2. The topological polar surface area (TPSA) is 129 Å². The first-order valence-electron chi connectivity index (χ1n) is 9.42. The summed E-state index contributed by atoms with van der Waals surface area (Å²) >= 11 is 0. The van der Waals surface area contributed by atoms with E-state index in [2.05, 4.69) is 20.0 Å². The molecular weight excluding hydrogens is 436 g/mol. The monoisotopic (exact) mass is 458 g/mol. The largest absolute Gasteiger partial charge is 0.493 e. The van der Waals surface area contributed by atoms with E-state index in [1.807, 2.05) is 0 Å². The zero-order valence-electron chi connectivity index (χ0n) is 17.6. The summed E-state index contributed by atoms with van der Waals surface area (Å²) in [7, 11) is -0.970. The van der Waals surface area contributed by atoms with Crippen LogP contribution in [0.15, 0.2) is 65.8 Å². The minimum absolute atomic E-state index is 0.00796. The Balaban J connectivity index is 1.65. The molecule has 32 heavy (non-hydrogen) atoms. The Morgan fingerprint density at radius 2 is 1.66 bits per heavy atom. The number of carbonyl (C=O) groups excluding carboxylic acids is 1. The van der Waals surface area contributed by atoms with Gasteiger partial charge in [0.25, 0.3) is 15.9 Å².